The Morgan fingerprint density at radius 3 is 2.55 bits per heavy atom. The van der Waals surface area contributed by atoms with E-state index in [0.29, 0.717) is 52.0 Å². The molecule has 1 saturated heterocycles. The van der Waals surface area contributed by atoms with Gasteiger partial charge in [0.2, 0.25) is 5.91 Å². The van der Waals surface area contributed by atoms with Crippen molar-refractivity contribution in [1.82, 2.24) is 4.90 Å². The summed E-state index contributed by atoms with van der Waals surface area (Å²) in [5, 5.41) is 23.9. The van der Waals surface area contributed by atoms with Crippen LogP contribution in [-0.2, 0) is 20.4 Å². The van der Waals surface area contributed by atoms with Crippen LogP contribution in [0.3, 0.4) is 0 Å². The second-order valence-corrected chi connectivity index (χ2v) is 11.3. The van der Waals surface area contributed by atoms with E-state index >= 15 is 0 Å². The van der Waals surface area contributed by atoms with E-state index in [0.717, 1.165) is 12.1 Å². The molecule has 1 aromatic carbocycles. The molecule has 0 aromatic heterocycles. The van der Waals surface area contributed by atoms with Gasteiger partial charge in [0.15, 0.2) is 0 Å². The molecule has 3 fully saturated rings. The molecule has 3 N–H and O–H groups in total. The highest BCUT2D eigenvalue weighted by Crippen LogP contribution is 2.61. The average Bonchev–Trinajstić information content (AvgIpc) is 2.88. The van der Waals surface area contributed by atoms with Crippen LogP contribution in [0.5, 0.6) is 0 Å². The quantitative estimate of drug-likeness (QED) is 0.518. The van der Waals surface area contributed by atoms with E-state index < -0.39 is 40.9 Å². The number of nitrogens with zero attached hydrogens (tertiary/aromatic N) is 1. The van der Waals surface area contributed by atoms with Crippen molar-refractivity contribution >= 4 is 17.7 Å². The van der Waals surface area contributed by atoms with Crippen LogP contribution in [0.15, 0.2) is 24.3 Å². The Hall–Kier alpha value is -2.37. The molecule has 212 valence electrons. The van der Waals surface area contributed by atoms with E-state index in [4.69, 9.17) is 9.47 Å². The maximum atomic E-state index is 13.1. The van der Waals surface area contributed by atoms with Gasteiger partial charge in [-0.15, -0.1) is 0 Å². The van der Waals surface area contributed by atoms with Crippen LogP contribution < -0.4 is 5.32 Å². The number of carbonyl (C=O) groups excluding carboxylic acids is 2. The maximum absolute atomic E-state index is 13.1. The molecule has 1 heterocycles. The molecule has 0 spiro atoms. The number of amides is 2. The Bertz CT molecular complexity index is 1020. The molecular formula is C27H37F3N2O6. The first-order valence-corrected chi connectivity index (χ1v) is 13.2. The largest absolute Gasteiger partial charge is 0.445 e. The zero-order valence-electron chi connectivity index (χ0n) is 21.8. The third-order valence-corrected chi connectivity index (χ3v) is 9.12. The van der Waals surface area contributed by atoms with Gasteiger partial charge in [-0.25, -0.2) is 4.79 Å². The lowest BCUT2D eigenvalue weighted by Gasteiger charge is -2.60. The van der Waals surface area contributed by atoms with Crippen molar-refractivity contribution in [3.05, 3.63) is 29.8 Å². The molecule has 4 rings (SSSR count). The van der Waals surface area contributed by atoms with Gasteiger partial charge in [0.05, 0.1) is 31.5 Å². The third-order valence-electron chi connectivity index (χ3n) is 9.12. The van der Waals surface area contributed by atoms with Crippen LogP contribution in [0, 0.1) is 22.7 Å². The molecule has 2 aliphatic carbocycles. The van der Waals surface area contributed by atoms with Crippen molar-refractivity contribution in [3.8, 4) is 0 Å². The van der Waals surface area contributed by atoms with Gasteiger partial charge in [0.25, 0.3) is 0 Å². The fraction of sp³-hybridized carbons (Fsp3) is 0.704. The summed E-state index contributed by atoms with van der Waals surface area (Å²) >= 11 is 0. The van der Waals surface area contributed by atoms with Gasteiger partial charge in [0.1, 0.15) is 6.10 Å². The van der Waals surface area contributed by atoms with Crippen molar-refractivity contribution in [2.45, 2.75) is 64.3 Å². The fourth-order valence-corrected chi connectivity index (χ4v) is 6.96. The standard InChI is InChI=1S/C27H37F3N2O6/c1-25-9-8-22(38-24(36)31-18-5-3-4-17(14-18)27(28,29)30)26(2,16-33)21(25)7-6-20(34)19(25)15-23(35)32-10-12-37-13-11-32/h3-5,14,19-22,33-34H,6-13,15-16H2,1-2H3,(H,31,36). The number of aliphatic hydroxyl groups excluding tert-OH is 2. The van der Waals surface area contributed by atoms with Crippen molar-refractivity contribution in [2.24, 2.45) is 22.7 Å². The molecule has 2 amide bonds. The number of aliphatic hydroxyl groups is 2. The van der Waals surface area contributed by atoms with Crippen molar-refractivity contribution in [1.29, 1.82) is 0 Å². The first-order chi connectivity index (χ1) is 17.9. The number of carbonyl (C=O) groups is 2. The van der Waals surface area contributed by atoms with Crippen LogP contribution in [0.4, 0.5) is 23.7 Å². The molecule has 2 saturated carbocycles. The van der Waals surface area contributed by atoms with Gasteiger partial charge in [-0.05, 0) is 61.1 Å². The monoisotopic (exact) mass is 542 g/mol. The van der Waals surface area contributed by atoms with Crippen molar-refractivity contribution < 1.29 is 42.4 Å². The first-order valence-electron chi connectivity index (χ1n) is 13.2. The lowest BCUT2D eigenvalue weighted by molar-refractivity contribution is -0.187. The number of alkyl halides is 3. The zero-order valence-corrected chi connectivity index (χ0v) is 21.8. The smallest absolute Gasteiger partial charge is 0.416 e. The summed E-state index contributed by atoms with van der Waals surface area (Å²) in [5.74, 6) is -0.489. The highest BCUT2D eigenvalue weighted by molar-refractivity contribution is 5.84. The number of fused-ring (bicyclic) bond motifs is 1. The number of hydrogen-bond acceptors (Lipinski definition) is 6. The van der Waals surface area contributed by atoms with E-state index in [1.165, 1.54) is 12.1 Å². The second kappa shape index (κ2) is 11.0. The molecule has 3 aliphatic rings. The molecule has 6 atom stereocenters. The Morgan fingerprint density at radius 1 is 1.18 bits per heavy atom. The van der Waals surface area contributed by atoms with E-state index in [1.807, 2.05) is 13.8 Å². The highest BCUT2D eigenvalue weighted by atomic mass is 19.4. The number of rotatable bonds is 5. The molecule has 0 bridgehead atoms. The average molecular weight is 543 g/mol. The summed E-state index contributed by atoms with van der Waals surface area (Å²) in [7, 11) is 0. The van der Waals surface area contributed by atoms with Gasteiger partial charge in [-0.1, -0.05) is 19.9 Å². The number of ether oxygens (including phenoxy) is 2. The summed E-state index contributed by atoms with van der Waals surface area (Å²) in [6.07, 6.45) is -4.61. The van der Waals surface area contributed by atoms with Crippen LogP contribution in [-0.4, -0.2) is 72.2 Å². The zero-order chi connectivity index (χ0) is 27.7. The predicted octanol–water partition coefficient (Wildman–Crippen LogP) is 4.06. The Kier molecular flexibility index (Phi) is 8.30. The van der Waals surface area contributed by atoms with Gasteiger partial charge in [0, 0.05) is 30.6 Å². The summed E-state index contributed by atoms with van der Waals surface area (Å²) < 4.78 is 50.2. The molecule has 11 heteroatoms. The molecule has 6 unspecified atom stereocenters. The maximum Gasteiger partial charge on any atom is 0.416 e. The van der Waals surface area contributed by atoms with E-state index in [1.54, 1.807) is 4.90 Å². The number of benzene rings is 1. The molecule has 0 radical (unpaired) electrons. The lowest BCUT2D eigenvalue weighted by Crippen LogP contribution is -2.61. The number of anilines is 1. The predicted molar refractivity (Wildman–Crippen MR) is 132 cm³/mol. The van der Waals surface area contributed by atoms with E-state index in [9.17, 15) is 33.0 Å². The summed E-state index contributed by atoms with van der Waals surface area (Å²) in [6, 6.07) is 4.30. The molecule has 38 heavy (non-hydrogen) atoms. The van der Waals surface area contributed by atoms with Crippen LogP contribution in [0.25, 0.3) is 0 Å². The Balaban J connectivity index is 1.48. The highest BCUT2D eigenvalue weighted by Gasteiger charge is 2.60. The third kappa shape index (κ3) is 5.65. The van der Waals surface area contributed by atoms with Gasteiger partial charge >= 0.3 is 12.3 Å². The van der Waals surface area contributed by atoms with Gasteiger partial charge in [-0.3, -0.25) is 10.1 Å². The van der Waals surface area contributed by atoms with E-state index in [-0.39, 0.29) is 36.5 Å². The molecule has 8 nitrogen and oxygen atoms in total. The topological polar surface area (TPSA) is 108 Å². The molecule has 1 aromatic rings. The SMILES string of the molecule is CC1(CO)C(OC(=O)Nc2cccc(C(F)(F)F)c2)CCC2(C)C(CC(=O)N3CCOCC3)C(O)CCC12. The summed E-state index contributed by atoms with van der Waals surface area (Å²) in [5.41, 5.74) is -2.27. The minimum absolute atomic E-state index is 0.0243. The van der Waals surface area contributed by atoms with E-state index in [2.05, 4.69) is 5.32 Å². The summed E-state index contributed by atoms with van der Waals surface area (Å²) in [4.78, 5) is 27.6. The number of morpholine rings is 1. The summed E-state index contributed by atoms with van der Waals surface area (Å²) in [6.45, 7) is 5.63. The Labute approximate surface area is 220 Å². The Morgan fingerprint density at radius 2 is 1.89 bits per heavy atom. The number of halogens is 3. The molecule has 1 aliphatic heterocycles. The van der Waals surface area contributed by atoms with Crippen LogP contribution in [0.2, 0.25) is 0 Å². The first kappa shape index (κ1) is 28.6. The number of nitrogens with one attached hydrogen (secondary N) is 1. The minimum Gasteiger partial charge on any atom is -0.445 e. The minimum atomic E-state index is -4.55. The van der Waals surface area contributed by atoms with Crippen molar-refractivity contribution in [3.63, 3.8) is 0 Å². The van der Waals surface area contributed by atoms with Gasteiger partial charge < -0.3 is 24.6 Å². The number of hydrogen-bond donors (Lipinski definition) is 3. The second-order valence-electron chi connectivity index (χ2n) is 11.3. The van der Waals surface area contributed by atoms with Crippen LogP contribution >= 0.6 is 0 Å². The lowest BCUT2D eigenvalue weighted by atomic mass is 9.46. The van der Waals surface area contributed by atoms with Crippen LogP contribution in [0.1, 0.15) is 51.5 Å². The van der Waals surface area contributed by atoms with Gasteiger partial charge in [-0.2, -0.15) is 13.2 Å². The fourth-order valence-electron chi connectivity index (χ4n) is 6.96. The molecular weight excluding hydrogens is 505 g/mol. The normalized spacial score (nSPS) is 33.8. The van der Waals surface area contributed by atoms with Crippen molar-refractivity contribution in [2.75, 3.05) is 38.2 Å².